The standard InChI is InChI=1S/C24H29N3O3/c1-5-26(6-2)23(28)17-16-22-18(3)25-27(19-12-14-20(29-4)15-13-19)24(22)30-21-10-8-7-9-11-21/h7-15H,5-6,16-17H2,1-4H3. The lowest BCUT2D eigenvalue weighted by atomic mass is 10.1. The van der Waals surface area contributed by atoms with Crippen molar-refractivity contribution in [2.24, 2.45) is 0 Å². The molecular weight excluding hydrogens is 378 g/mol. The Hall–Kier alpha value is -3.28. The van der Waals surface area contributed by atoms with Gasteiger partial charge in [-0.25, -0.2) is 4.68 Å². The molecule has 0 unspecified atom stereocenters. The monoisotopic (exact) mass is 407 g/mol. The molecular formula is C24H29N3O3. The van der Waals surface area contributed by atoms with Gasteiger partial charge in [0.1, 0.15) is 11.5 Å². The summed E-state index contributed by atoms with van der Waals surface area (Å²) in [6, 6.07) is 17.3. The average molecular weight is 408 g/mol. The summed E-state index contributed by atoms with van der Waals surface area (Å²) in [4.78, 5) is 14.4. The van der Waals surface area contributed by atoms with Crippen molar-refractivity contribution in [3.8, 4) is 23.1 Å². The summed E-state index contributed by atoms with van der Waals surface area (Å²) < 4.78 is 13.3. The van der Waals surface area contributed by atoms with E-state index in [0.717, 1.165) is 28.4 Å². The SMILES string of the molecule is CCN(CC)C(=O)CCc1c(C)nn(-c2ccc(OC)cc2)c1Oc1ccccc1. The Morgan fingerprint density at radius 3 is 2.27 bits per heavy atom. The van der Waals surface area contributed by atoms with Crippen LogP contribution >= 0.6 is 0 Å². The maximum Gasteiger partial charge on any atom is 0.226 e. The first kappa shape index (κ1) is 21.4. The predicted octanol–water partition coefficient (Wildman–Crippen LogP) is 4.78. The number of nitrogens with zero attached hydrogens (tertiary/aromatic N) is 3. The molecule has 0 fully saturated rings. The maximum absolute atomic E-state index is 12.6. The number of para-hydroxylation sites is 1. The molecule has 3 rings (SSSR count). The number of hydrogen-bond donors (Lipinski definition) is 0. The third-order valence-corrected chi connectivity index (χ3v) is 5.12. The molecule has 0 bridgehead atoms. The molecule has 2 aromatic carbocycles. The van der Waals surface area contributed by atoms with Gasteiger partial charge in [0.15, 0.2) is 0 Å². The van der Waals surface area contributed by atoms with E-state index in [0.29, 0.717) is 31.8 Å². The van der Waals surface area contributed by atoms with Crippen LogP contribution < -0.4 is 9.47 Å². The third-order valence-electron chi connectivity index (χ3n) is 5.12. The highest BCUT2D eigenvalue weighted by Crippen LogP contribution is 2.32. The zero-order valence-corrected chi connectivity index (χ0v) is 18.1. The molecule has 1 amide bonds. The summed E-state index contributed by atoms with van der Waals surface area (Å²) in [5, 5.41) is 4.72. The molecule has 0 aliphatic rings. The third kappa shape index (κ3) is 4.82. The van der Waals surface area contributed by atoms with E-state index in [1.54, 1.807) is 11.8 Å². The van der Waals surface area contributed by atoms with Crippen LogP contribution in [-0.4, -0.2) is 40.8 Å². The van der Waals surface area contributed by atoms with Gasteiger partial charge in [0.05, 0.1) is 18.5 Å². The number of aryl methyl sites for hydroxylation is 1. The molecule has 0 atom stereocenters. The molecule has 6 nitrogen and oxygen atoms in total. The molecule has 0 spiro atoms. The van der Waals surface area contributed by atoms with E-state index in [-0.39, 0.29) is 5.91 Å². The van der Waals surface area contributed by atoms with Crippen molar-refractivity contribution in [3.05, 3.63) is 65.9 Å². The first-order chi connectivity index (χ1) is 14.6. The summed E-state index contributed by atoms with van der Waals surface area (Å²) in [5.41, 5.74) is 2.66. The number of aromatic nitrogens is 2. The molecule has 1 heterocycles. The van der Waals surface area contributed by atoms with Gasteiger partial charge in [-0.1, -0.05) is 18.2 Å². The Labute approximate surface area is 178 Å². The van der Waals surface area contributed by atoms with Crippen LogP contribution in [0.4, 0.5) is 0 Å². The zero-order chi connectivity index (χ0) is 21.5. The molecule has 0 N–H and O–H groups in total. The zero-order valence-electron chi connectivity index (χ0n) is 18.1. The number of ether oxygens (including phenoxy) is 2. The van der Waals surface area contributed by atoms with Crippen molar-refractivity contribution < 1.29 is 14.3 Å². The number of carbonyl (C=O) groups is 1. The Balaban J connectivity index is 1.96. The van der Waals surface area contributed by atoms with E-state index < -0.39 is 0 Å². The number of benzene rings is 2. The first-order valence-corrected chi connectivity index (χ1v) is 10.3. The predicted molar refractivity (Wildman–Crippen MR) is 118 cm³/mol. The van der Waals surface area contributed by atoms with Crippen LogP contribution in [0.1, 0.15) is 31.5 Å². The van der Waals surface area contributed by atoms with Crippen molar-refractivity contribution in [2.75, 3.05) is 20.2 Å². The Bertz CT molecular complexity index is 961. The fourth-order valence-electron chi connectivity index (χ4n) is 3.40. The number of carbonyl (C=O) groups excluding carboxylic acids is 1. The summed E-state index contributed by atoms with van der Waals surface area (Å²) in [6.07, 6.45) is 0.988. The smallest absolute Gasteiger partial charge is 0.226 e. The van der Waals surface area contributed by atoms with Crippen LogP contribution in [0.5, 0.6) is 17.4 Å². The van der Waals surface area contributed by atoms with Gasteiger partial charge in [-0.2, -0.15) is 5.10 Å². The summed E-state index contributed by atoms with van der Waals surface area (Å²) in [5.74, 6) is 2.28. The van der Waals surface area contributed by atoms with Crippen molar-refractivity contribution in [1.82, 2.24) is 14.7 Å². The molecule has 30 heavy (non-hydrogen) atoms. The van der Waals surface area contributed by atoms with Crippen molar-refractivity contribution >= 4 is 5.91 Å². The highest BCUT2D eigenvalue weighted by molar-refractivity contribution is 5.76. The van der Waals surface area contributed by atoms with Crippen LogP contribution in [0, 0.1) is 6.92 Å². The van der Waals surface area contributed by atoms with Crippen LogP contribution in [0.2, 0.25) is 0 Å². The Kier molecular flexibility index (Phi) is 7.12. The van der Waals surface area contributed by atoms with Crippen LogP contribution in [0.15, 0.2) is 54.6 Å². The summed E-state index contributed by atoms with van der Waals surface area (Å²) in [6.45, 7) is 7.38. The molecule has 0 aliphatic carbocycles. The highest BCUT2D eigenvalue weighted by Gasteiger charge is 2.21. The van der Waals surface area contributed by atoms with Gasteiger partial charge < -0.3 is 14.4 Å². The van der Waals surface area contributed by atoms with Crippen LogP contribution in [-0.2, 0) is 11.2 Å². The van der Waals surface area contributed by atoms with E-state index in [1.807, 2.05) is 80.3 Å². The molecule has 0 aliphatic heterocycles. The number of rotatable bonds is 9. The topological polar surface area (TPSA) is 56.6 Å². The number of methoxy groups -OCH3 is 1. The quantitative estimate of drug-likeness (QED) is 0.512. The second-order valence-electron chi connectivity index (χ2n) is 6.96. The lowest BCUT2D eigenvalue weighted by molar-refractivity contribution is -0.130. The van der Waals surface area contributed by atoms with Crippen LogP contribution in [0.25, 0.3) is 5.69 Å². The van der Waals surface area contributed by atoms with Gasteiger partial charge in [-0.05, 0) is 63.6 Å². The van der Waals surface area contributed by atoms with Gasteiger partial charge in [0.2, 0.25) is 11.8 Å². The van der Waals surface area contributed by atoms with E-state index in [1.165, 1.54) is 0 Å². The lowest BCUT2D eigenvalue weighted by Gasteiger charge is -2.18. The summed E-state index contributed by atoms with van der Waals surface area (Å²) in [7, 11) is 1.64. The first-order valence-electron chi connectivity index (χ1n) is 10.3. The fourth-order valence-corrected chi connectivity index (χ4v) is 3.40. The van der Waals surface area contributed by atoms with Crippen LogP contribution in [0.3, 0.4) is 0 Å². The van der Waals surface area contributed by atoms with Gasteiger partial charge >= 0.3 is 0 Å². The Morgan fingerprint density at radius 2 is 1.67 bits per heavy atom. The molecule has 6 heteroatoms. The molecule has 3 aromatic rings. The largest absolute Gasteiger partial charge is 0.497 e. The number of amides is 1. The van der Waals surface area contributed by atoms with Crippen molar-refractivity contribution in [3.63, 3.8) is 0 Å². The van der Waals surface area contributed by atoms with E-state index >= 15 is 0 Å². The van der Waals surface area contributed by atoms with Gasteiger partial charge in [0.25, 0.3) is 0 Å². The average Bonchev–Trinajstić information content (AvgIpc) is 3.08. The van der Waals surface area contributed by atoms with E-state index in [4.69, 9.17) is 14.6 Å². The molecule has 158 valence electrons. The molecule has 0 radical (unpaired) electrons. The van der Waals surface area contributed by atoms with Gasteiger partial charge in [-0.15, -0.1) is 0 Å². The molecule has 0 saturated carbocycles. The summed E-state index contributed by atoms with van der Waals surface area (Å²) >= 11 is 0. The second-order valence-corrected chi connectivity index (χ2v) is 6.96. The minimum atomic E-state index is 0.141. The normalized spacial score (nSPS) is 10.7. The van der Waals surface area contributed by atoms with E-state index in [9.17, 15) is 4.79 Å². The Morgan fingerprint density at radius 1 is 1.00 bits per heavy atom. The van der Waals surface area contributed by atoms with Crippen molar-refractivity contribution in [1.29, 1.82) is 0 Å². The van der Waals surface area contributed by atoms with Gasteiger partial charge in [-0.3, -0.25) is 4.79 Å². The molecule has 0 saturated heterocycles. The van der Waals surface area contributed by atoms with E-state index in [2.05, 4.69) is 0 Å². The second kappa shape index (κ2) is 9.96. The fraction of sp³-hybridized carbons (Fsp3) is 0.333. The minimum absolute atomic E-state index is 0.141. The maximum atomic E-state index is 12.6. The van der Waals surface area contributed by atoms with Gasteiger partial charge in [0, 0.05) is 25.1 Å². The highest BCUT2D eigenvalue weighted by atomic mass is 16.5. The number of hydrogen-bond acceptors (Lipinski definition) is 4. The molecule has 1 aromatic heterocycles. The van der Waals surface area contributed by atoms with Crippen molar-refractivity contribution in [2.45, 2.75) is 33.6 Å². The minimum Gasteiger partial charge on any atom is -0.497 e. The lowest BCUT2D eigenvalue weighted by Crippen LogP contribution is -2.30.